The molecule has 0 saturated carbocycles. The summed E-state index contributed by atoms with van der Waals surface area (Å²) < 4.78 is 0. The number of rotatable bonds is 2. The third-order valence-corrected chi connectivity index (χ3v) is 2.81. The Morgan fingerprint density at radius 2 is 2.31 bits per heavy atom. The molecule has 5 heteroatoms. The number of fused-ring (bicyclic) bond motifs is 1. The lowest BCUT2D eigenvalue weighted by Gasteiger charge is -2.00. The van der Waals surface area contributed by atoms with E-state index in [-0.39, 0.29) is 12.3 Å². The van der Waals surface area contributed by atoms with E-state index in [1.807, 2.05) is 25.1 Å². The van der Waals surface area contributed by atoms with Crippen LogP contribution in [-0.2, 0) is 11.2 Å². The maximum atomic E-state index is 11.3. The Hall–Kier alpha value is -1.52. The molecule has 2 aromatic rings. The number of H-pyrrole nitrogens is 1. The van der Waals surface area contributed by atoms with Crippen LogP contribution in [-0.4, -0.2) is 10.9 Å². The van der Waals surface area contributed by atoms with E-state index in [9.17, 15) is 4.79 Å². The van der Waals surface area contributed by atoms with E-state index in [2.05, 4.69) is 10.4 Å². The van der Waals surface area contributed by atoms with Gasteiger partial charge in [-0.25, -0.2) is 5.84 Å². The predicted octanol–water partition coefficient (Wildman–Crippen LogP) is 1.66. The van der Waals surface area contributed by atoms with E-state index in [1.165, 1.54) is 0 Å². The van der Waals surface area contributed by atoms with Gasteiger partial charge in [0.25, 0.3) is 0 Å². The Labute approximate surface area is 97.7 Å². The molecule has 4 nitrogen and oxygen atoms in total. The SMILES string of the molecule is Cc1[nH]c2ccc(Cl)cc2c1CC(=O)NN. The number of aromatic amines is 1. The van der Waals surface area contributed by atoms with Crippen LogP contribution < -0.4 is 11.3 Å². The monoisotopic (exact) mass is 237 g/mol. The number of nitrogens with two attached hydrogens (primary N) is 1. The standard InChI is InChI=1S/C11H12ClN3O/c1-6-8(5-11(16)15-13)9-4-7(12)2-3-10(9)14-6/h2-4,14H,5,13H2,1H3,(H,15,16). The lowest BCUT2D eigenvalue weighted by Crippen LogP contribution is -2.31. The fourth-order valence-corrected chi connectivity index (χ4v) is 1.97. The number of hydrazine groups is 1. The smallest absolute Gasteiger partial charge is 0.238 e. The van der Waals surface area contributed by atoms with Crippen molar-refractivity contribution in [1.29, 1.82) is 0 Å². The largest absolute Gasteiger partial charge is 0.358 e. The molecule has 1 heterocycles. The first kappa shape index (κ1) is 11.0. The summed E-state index contributed by atoms with van der Waals surface area (Å²) in [6.45, 7) is 1.92. The normalized spacial score (nSPS) is 10.7. The summed E-state index contributed by atoms with van der Waals surface area (Å²) in [5, 5.41) is 1.62. The number of halogens is 1. The van der Waals surface area contributed by atoms with E-state index < -0.39 is 0 Å². The summed E-state index contributed by atoms with van der Waals surface area (Å²) in [4.78, 5) is 14.5. The molecule has 0 saturated heterocycles. The molecule has 1 amide bonds. The maximum Gasteiger partial charge on any atom is 0.238 e. The number of hydrogen-bond donors (Lipinski definition) is 3. The van der Waals surface area contributed by atoms with Crippen molar-refractivity contribution in [3.63, 3.8) is 0 Å². The Balaban J connectivity index is 2.54. The van der Waals surface area contributed by atoms with Gasteiger partial charge in [0, 0.05) is 21.6 Å². The average Bonchev–Trinajstić information content (AvgIpc) is 2.55. The third kappa shape index (κ3) is 1.89. The lowest BCUT2D eigenvalue weighted by atomic mass is 10.1. The molecular formula is C11H12ClN3O. The highest BCUT2D eigenvalue weighted by atomic mass is 35.5. The zero-order valence-corrected chi connectivity index (χ0v) is 9.56. The van der Waals surface area contributed by atoms with Crippen molar-refractivity contribution in [2.75, 3.05) is 0 Å². The Morgan fingerprint density at radius 1 is 1.56 bits per heavy atom. The maximum absolute atomic E-state index is 11.3. The van der Waals surface area contributed by atoms with Crippen molar-refractivity contribution in [3.8, 4) is 0 Å². The van der Waals surface area contributed by atoms with Crippen LogP contribution in [0.2, 0.25) is 5.02 Å². The van der Waals surface area contributed by atoms with Crippen LogP contribution in [0.3, 0.4) is 0 Å². The van der Waals surface area contributed by atoms with Crippen LogP contribution in [0.1, 0.15) is 11.3 Å². The number of benzene rings is 1. The van der Waals surface area contributed by atoms with Crippen molar-refractivity contribution in [1.82, 2.24) is 10.4 Å². The molecule has 0 radical (unpaired) electrons. The molecule has 16 heavy (non-hydrogen) atoms. The van der Waals surface area contributed by atoms with Crippen molar-refractivity contribution in [2.24, 2.45) is 5.84 Å². The number of hydrogen-bond acceptors (Lipinski definition) is 2. The summed E-state index contributed by atoms with van der Waals surface area (Å²) in [5.74, 6) is 4.86. The fourth-order valence-electron chi connectivity index (χ4n) is 1.79. The van der Waals surface area contributed by atoms with E-state index in [1.54, 1.807) is 0 Å². The fraction of sp³-hybridized carbons (Fsp3) is 0.182. The summed E-state index contributed by atoms with van der Waals surface area (Å²) in [5.41, 5.74) is 4.99. The lowest BCUT2D eigenvalue weighted by molar-refractivity contribution is -0.120. The quantitative estimate of drug-likeness (QED) is 0.422. The van der Waals surface area contributed by atoms with E-state index in [0.29, 0.717) is 5.02 Å². The van der Waals surface area contributed by atoms with Crippen LogP contribution in [0.4, 0.5) is 0 Å². The second-order valence-electron chi connectivity index (χ2n) is 3.66. The first-order chi connectivity index (χ1) is 7.61. The first-order valence-corrected chi connectivity index (χ1v) is 5.25. The Bertz CT molecular complexity index is 547. The minimum absolute atomic E-state index is 0.219. The first-order valence-electron chi connectivity index (χ1n) is 4.88. The van der Waals surface area contributed by atoms with E-state index in [0.717, 1.165) is 22.2 Å². The highest BCUT2D eigenvalue weighted by molar-refractivity contribution is 6.31. The van der Waals surface area contributed by atoms with Gasteiger partial charge in [0.15, 0.2) is 0 Å². The number of aromatic nitrogens is 1. The molecule has 0 atom stereocenters. The molecule has 4 N–H and O–H groups in total. The molecule has 0 aliphatic rings. The van der Waals surface area contributed by atoms with Crippen LogP contribution >= 0.6 is 11.6 Å². The molecule has 1 aromatic heterocycles. The predicted molar refractivity (Wildman–Crippen MR) is 64.1 cm³/mol. The van der Waals surface area contributed by atoms with Crippen molar-refractivity contribution in [3.05, 3.63) is 34.5 Å². The molecular weight excluding hydrogens is 226 g/mol. The van der Waals surface area contributed by atoms with Gasteiger partial charge in [-0.3, -0.25) is 10.2 Å². The van der Waals surface area contributed by atoms with Gasteiger partial charge in [-0.05, 0) is 30.7 Å². The molecule has 84 valence electrons. The highest BCUT2D eigenvalue weighted by Crippen LogP contribution is 2.25. The van der Waals surface area contributed by atoms with Crippen LogP contribution in [0.15, 0.2) is 18.2 Å². The number of aryl methyl sites for hydroxylation is 1. The number of nitrogens with one attached hydrogen (secondary N) is 2. The van der Waals surface area contributed by atoms with Gasteiger partial charge in [0.1, 0.15) is 0 Å². The van der Waals surface area contributed by atoms with Gasteiger partial charge in [0.2, 0.25) is 5.91 Å². The van der Waals surface area contributed by atoms with E-state index >= 15 is 0 Å². The number of carbonyl (C=O) groups is 1. The molecule has 0 fully saturated rings. The van der Waals surface area contributed by atoms with Gasteiger partial charge in [-0.2, -0.15) is 0 Å². The second kappa shape index (κ2) is 4.15. The van der Waals surface area contributed by atoms with E-state index in [4.69, 9.17) is 17.4 Å². The van der Waals surface area contributed by atoms with Gasteiger partial charge < -0.3 is 4.98 Å². The minimum atomic E-state index is -0.219. The average molecular weight is 238 g/mol. The van der Waals surface area contributed by atoms with Crippen molar-refractivity contribution < 1.29 is 4.79 Å². The highest BCUT2D eigenvalue weighted by Gasteiger charge is 2.11. The molecule has 0 aliphatic carbocycles. The molecule has 2 rings (SSSR count). The van der Waals surface area contributed by atoms with Crippen molar-refractivity contribution >= 4 is 28.4 Å². The van der Waals surface area contributed by atoms with Crippen LogP contribution in [0.5, 0.6) is 0 Å². The van der Waals surface area contributed by atoms with Crippen LogP contribution in [0, 0.1) is 6.92 Å². The van der Waals surface area contributed by atoms with Crippen LogP contribution in [0.25, 0.3) is 10.9 Å². The molecule has 1 aromatic carbocycles. The third-order valence-electron chi connectivity index (χ3n) is 2.58. The molecule has 0 bridgehead atoms. The van der Waals surface area contributed by atoms with Gasteiger partial charge in [-0.1, -0.05) is 11.6 Å². The number of amides is 1. The summed E-state index contributed by atoms with van der Waals surface area (Å²) in [7, 11) is 0. The summed E-state index contributed by atoms with van der Waals surface area (Å²) >= 11 is 5.93. The zero-order chi connectivity index (χ0) is 11.7. The minimum Gasteiger partial charge on any atom is -0.358 e. The van der Waals surface area contributed by atoms with Crippen molar-refractivity contribution in [2.45, 2.75) is 13.3 Å². The topological polar surface area (TPSA) is 70.9 Å². The second-order valence-corrected chi connectivity index (χ2v) is 4.10. The Morgan fingerprint density at radius 3 is 3.00 bits per heavy atom. The molecule has 0 unspecified atom stereocenters. The zero-order valence-electron chi connectivity index (χ0n) is 8.80. The van der Waals surface area contributed by atoms with Gasteiger partial charge >= 0.3 is 0 Å². The number of carbonyl (C=O) groups excluding carboxylic acids is 1. The summed E-state index contributed by atoms with van der Waals surface area (Å²) in [6, 6.07) is 5.56. The Kier molecular flexibility index (Phi) is 2.85. The molecule has 0 spiro atoms. The van der Waals surface area contributed by atoms with Gasteiger partial charge in [-0.15, -0.1) is 0 Å². The molecule has 0 aliphatic heterocycles. The van der Waals surface area contributed by atoms with Gasteiger partial charge in [0.05, 0.1) is 6.42 Å². The summed E-state index contributed by atoms with van der Waals surface area (Å²) in [6.07, 6.45) is 0.253.